The first-order chi connectivity index (χ1) is 14.5. The van der Waals surface area contributed by atoms with E-state index in [1.807, 2.05) is 25.6 Å². The minimum Gasteiger partial charge on any atom is -0.483 e. The van der Waals surface area contributed by atoms with Gasteiger partial charge in [-0.25, -0.2) is 4.98 Å². The molecule has 1 aliphatic rings. The largest absolute Gasteiger partial charge is 0.483 e. The lowest BCUT2D eigenvalue weighted by Crippen LogP contribution is -2.39. The van der Waals surface area contributed by atoms with Gasteiger partial charge in [0.25, 0.3) is 18.9 Å². The van der Waals surface area contributed by atoms with E-state index in [2.05, 4.69) is 24.8 Å². The Morgan fingerprint density at radius 2 is 1.83 bits per heavy atom. The third-order valence-electron chi connectivity index (χ3n) is 4.76. The van der Waals surface area contributed by atoms with Gasteiger partial charge in [-0.15, -0.1) is 0 Å². The van der Waals surface area contributed by atoms with Gasteiger partial charge in [0, 0.05) is 50.0 Å². The first-order valence-corrected chi connectivity index (χ1v) is 9.58. The first-order valence-electron chi connectivity index (χ1n) is 9.58. The summed E-state index contributed by atoms with van der Waals surface area (Å²) in [6, 6.07) is 1.78. The monoisotopic (exact) mass is 419 g/mol. The number of piperidine rings is 1. The molecule has 3 rings (SSSR count). The Morgan fingerprint density at radius 1 is 1.17 bits per heavy atom. The molecule has 1 saturated heterocycles. The van der Waals surface area contributed by atoms with Crippen LogP contribution in [0.2, 0.25) is 0 Å². The molecule has 0 atom stereocenters. The number of carbonyl (C=O) groups excluding carboxylic acids is 1. The molecule has 0 bridgehead atoms. The highest BCUT2D eigenvalue weighted by Gasteiger charge is 2.20. The maximum absolute atomic E-state index is 12.2. The van der Waals surface area contributed by atoms with Gasteiger partial charge < -0.3 is 25.0 Å². The van der Waals surface area contributed by atoms with E-state index < -0.39 is 0 Å². The Labute approximate surface area is 175 Å². The number of pyridine rings is 1. The summed E-state index contributed by atoms with van der Waals surface area (Å²) in [7, 11) is 0. The van der Waals surface area contributed by atoms with Gasteiger partial charge in [0.15, 0.2) is 0 Å². The number of imidazole rings is 1. The van der Waals surface area contributed by atoms with Crippen LogP contribution in [0.1, 0.15) is 28.8 Å². The minimum absolute atomic E-state index is 0.0115. The molecule has 0 radical (unpaired) electrons. The fourth-order valence-electron chi connectivity index (χ4n) is 3.15. The molecule has 0 aliphatic carbocycles. The number of nitrogens with zero attached hydrogens (tertiary/aromatic N) is 4. The van der Waals surface area contributed by atoms with Crippen LogP contribution in [0.5, 0.6) is 0 Å². The Hall–Kier alpha value is -3.27. The maximum atomic E-state index is 12.2. The molecule has 10 nitrogen and oxygen atoms in total. The van der Waals surface area contributed by atoms with Crippen molar-refractivity contribution in [1.29, 1.82) is 0 Å². The van der Waals surface area contributed by atoms with E-state index in [0.29, 0.717) is 5.92 Å². The third kappa shape index (κ3) is 9.28. The average Bonchev–Trinajstić information content (AvgIpc) is 3.26. The zero-order valence-corrected chi connectivity index (χ0v) is 17.1. The van der Waals surface area contributed by atoms with Crippen LogP contribution in [0.15, 0.2) is 37.2 Å². The number of nitrogens with one attached hydrogen (secondary N) is 1. The number of amides is 1. The van der Waals surface area contributed by atoms with Crippen molar-refractivity contribution in [2.75, 3.05) is 26.2 Å². The number of likely N-dealkylation sites (tertiary alicyclic amines) is 1. The van der Waals surface area contributed by atoms with Crippen molar-refractivity contribution in [2.24, 2.45) is 5.92 Å². The quantitative estimate of drug-likeness (QED) is 0.593. The lowest BCUT2D eigenvalue weighted by molar-refractivity contribution is -0.123. The van der Waals surface area contributed by atoms with Crippen molar-refractivity contribution in [3.8, 4) is 0 Å². The molecule has 3 N–H and O–H groups in total. The fraction of sp³-hybridized carbons (Fsp3) is 0.450. The SMILES string of the molecule is Cc1cnccc1C(=O)NCC1CCN(CCn2ccnc2)CC1.O=CO.O=CO. The highest BCUT2D eigenvalue weighted by molar-refractivity contribution is 5.95. The van der Waals surface area contributed by atoms with Gasteiger partial charge in [-0.1, -0.05) is 0 Å². The molecule has 30 heavy (non-hydrogen) atoms. The van der Waals surface area contributed by atoms with Crippen molar-refractivity contribution >= 4 is 18.9 Å². The topological polar surface area (TPSA) is 138 Å². The molecule has 0 spiro atoms. The fourth-order valence-corrected chi connectivity index (χ4v) is 3.15. The maximum Gasteiger partial charge on any atom is 0.290 e. The highest BCUT2D eigenvalue weighted by atomic mass is 16.3. The number of rotatable bonds is 6. The van der Waals surface area contributed by atoms with E-state index in [1.165, 1.54) is 0 Å². The van der Waals surface area contributed by atoms with Crippen LogP contribution in [0.4, 0.5) is 0 Å². The van der Waals surface area contributed by atoms with Gasteiger partial charge in [-0.3, -0.25) is 19.4 Å². The number of carbonyl (C=O) groups is 3. The Kier molecular flexibility index (Phi) is 12.1. The van der Waals surface area contributed by atoms with E-state index >= 15 is 0 Å². The Morgan fingerprint density at radius 3 is 2.40 bits per heavy atom. The second-order valence-corrected chi connectivity index (χ2v) is 6.70. The second-order valence-electron chi connectivity index (χ2n) is 6.70. The number of aryl methyl sites for hydroxylation is 1. The summed E-state index contributed by atoms with van der Waals surface area (Å²) in [5.41, 5.74) is 1.65. The summed E-state index contributed by atoms with van der Waals surface area (Å²) in [6.07, 6.45) is 11.4. The second kappa shape index (κ2) is 14.7. The molecule has 1 aliphatic heterocycles. The van der Waals surface area contributed by atoms with Crippen LogP contribution in [-0.2, 0) is 16.1 Å². The van der Waals surface area contributed by atoms with Crippen LogP contribution in [-0.4, -0.2) is 74.7 Å². The first kappa shape index (κ1) is 24.8. The molecule has 0 unspecified atom stereocenters. The Bertz CT molecular complexity index is 740. The van der Waals surface area contributed by atoms with Crippen LogP contribution in [0, 0.1) is 12.8 Å². The summed E-state index contributed by atoms with van der Waals surface area (Å²) in [5.74, 6) is 0.582. The van der Waals surface area contributed by atoms with Gasteiger partial charge >= 0.3 is 0 Å². The number of hydrogen-bond donors (Lipinski definition) is 3. The van der Waals surface area contributed by atoms with Crippen LogP contribution in [0.25, 0.3) is 0 Å². The predicted molar refractivity (Wildman–Crippen MR) is 110 cm³/mol. The van der Waals surface area contributed by atoms with E-state index in [1.54, 1.807) is 18.5 Å². The molecule has 1 fully saturated rings. The van der Waals surface area contributed by atoms with Gasteiger partial charge in [0.2, 0.25) is 0 Å². The number of aromatic nitrogens is 3. The number of hydrogen-bond acceptors (Lipinski definition) is 6. The molecule has 164 valence electrons. The molecule has 1 amide bonds. The van der Waals surface area contributed by atoms with Gasteiger partial charge in [0.05, 0.1) is 6.33 Å². The molecule has 10 heteroatoms. The van der Waals surface area contributed by atoms with E-state index in [4.69, 9.17) is 19.8 Å². The van der Waals surface area contributed by atoms with E-state index in [9.17, 15) is 4.79 Å². The van der Waals surface area contributed by atoms with E-state index in [0.717, 1.165) is 56.7 Å². The molecule has 3 heterocycles. The summed E-state index contributed by atoms with van der Waals surface area (Å²) >= 11 is 0. The van der Waals surface area contributed by atoms with Crippen molar-refractivity contribution in [3.05, 3.63) is 48.3 Å². The highest BCUT2D eigenvalue weighted by Crippen LogP contribution is 2.16. The molecule has 0 aromatic carbocycles. The summed E-state index contributed by atoms with van der Waals surface area (Å²) in [4.78, 5) is 39.6. The normalized spacial score (nSPS) is 13.8. The number of carboxylic acid groups (broad SMARTS) is 2. The van der Waals surface area contributed by atoms with Crippen LogP contribution < -0.4 is 5.32 Å². The average molecular weight is 419 g/mol. The van der Waals surface area contributed by atoms with Crippen LogP contribution in [0.3, 0.4) is 0 Å². The summed E-state index contributed by atoms with van der Waals surface area (Å²) in [5, 5.41) is 16.9. The third-order valence-corrected chi connectivity index (χ3v) is 4.76. The van der Waals surface area contributed by atoms with Crippen molar-refractivity contribution in [2.45, 2.75) is 26.3 Å². The lowest BCUT2D eigenvalue weighted by Gasteiger charge is -2.32. The smallest absolute Gasteiger partial charge is 0.290 e. The van der Waals surface area contributed by atoms with Gasteiger partial charge in [-0.05, 0) is 50.4 Å². The van der Waals surface area contributed by atoms with Crippen molar-refractivity contribution in [1.82, 2.24) is 24.8 Å². The summed E-state index contributed by atoms with van der Waals surface area (Å²) in [6.45, 7) is 6.43. The van der Waals surface area contributed by atoms with E-state index in [-0.39, 0.29) is 18.9 Å². The predicted octanol–water partition coefficient (Wildman–Crippen LogP) is 1.13. The molecule has 2 aromatic rings. The van der Waals surface area contributed by atoms with Gasteiger partial charge in [-0.2, -0.15) is 0 Å². The Balaban J connectivity index is 0.000000672. The zero-order chi connectivity index (χ0) is 22.2. The molecule has 0 saturated carbocycles. The lowest BCUT2D eigenvalue weighted by atomic mass is 9.96. The van der Waals surface area contributed by atoms with Gasteiger partial charge in [0.1, 0.15) is 0 Å². The van der Waals surface area contributed by atoms with Crippen molar-refractivity contribution < 1.29 is 24.6 Å². The molecular formula is C20H29N5O5. The van der Waals surface area contributed by atoms with Crippen molar-refractivity contribution in [3.63, 3.8) is 0 Å². The standard InChI is InChI=1S/C18H25N5O.2CH2O2/c1-15-12-19-5-2-17(15)18(24)21-13-16-3-7-22(8-4-16)10-11-23-9-6-20-14-23;2*2-1-3/h2,5-6,9,12,14,16H,3-4,7-8,10-11,13H2,1H3,(H,21,24);2*1H,(H,2,3). The molecular weight excluding hydrogens is 390 g/mol. The minimum atomic E-state index is -0.250. The zero-order valence-electron chi connectivity index (χ0n) is 17.1. The summed E-state index contributed by atoms with van der Waals surface area (Å²) < 4.78 is 2.11. The molecule has 2 aromatic heterocycles. The van der Waals surface area contributed by atoms with Crippen LogP contribution >= 0.6 is 0 Å².